The third-order valence-corrected chi connectivity index (χ3v) is 3.23. The molecule has 0 aliphatic heterocycles. The molecule has 0 aliphatic carbocycles. The Labute approximate surface area is 115 Å². The number of fused-ring (bicyclic) bond motifs is 1. The van der Waals surface area contributed by atoms with Crippen LogP contribution in [-0.2, 0) is 20.1 Å². The SMILES string of the molecule is CCn1c(=O)c2c(nc(NN)n2C)n(CC(C)C)c1=O. The summed E-state index contributed by atoms with van der Waals surface area (Å²) in [6.45, 7) is 6.60. The highest BCUT2D eigenvalue weighted by Gasteiger charge is 2.19. The number of anilines is 1. The molecule has 2 aromatic heterocycles. The fraction of sp³-hybridized carbons (Fsp3) is 0.583. The normalized spacial score (nSPS) is 11.5. The van der Waals surface area contributed by atoms with Gasteiger partial charge in [-0.25, -0.2) is 10.6 Å². The number of aromatic nitrogens is 4. The van der Waals surface area contributed by atoms with Crippen molar-refractivity contribution < 1.29 is 0 Å². The van der Waals surface area contributed by atoms with E-state index in [2.05, 4.69) is 10.4 Å². The number of hydrazine groups is 1. The van der Waals surface area contributed by atoms with Gasteiger partial charge in [0.2, 0.25) is 5.95 Å². The van der Waals surface area contributed by atoms with Crippen LogP contribution < -0.4 is 22.5 Å². The van der Waals surface area contributed by atoms with E-state index < -0.39 is 0 Å². The Morgan fingerprint density at radius 1 is 1.30 bits per heavy atom. The molecule has 0 fully saturated rings. The lowest BCUT2D eigenvalue weighted by Gasteiger charge is -2.12. The van der Waals surface area contributed by atoms with Crippen LogP contribution in [0.5, 0.6) is 0 Å². The van der Waals surface area contributed by atoms with E-state index in [0.29, 0.717) is 30.2 Å². The minimum absolute atomic E-state index is 0.259. The van der Waals surface area contributed by atoms with Crippen LogP contribution in [0.1, 0.15) is 20.8 Å². The second-order valence-corrected chi connectivity index (χ2v) is 5.15. The van der Waals surface area contributed by atoms with Crippen LogP contribution in [0.3, 0.4) is 0 Å². The first-order valence-corrected chi connectivity index (χ1v) is 6.59. The van der Waals surface area contributed by atoms with Crippen molar-refractivity contribution in [3.63, 3.8) is 0 Å². The lowest BCUT2D eigenvalue weighted by molar-refractivity contribution is 0.491. The second-order valence-electron chi connectivity index (χ2n) is 5.15. The number of nitrogen functional groups attached to an aromatic ring is 1. The van der Waals surface area contributed by atoms with Gasteiger partial charge in [0.25, 0.3) is 5.56 Å². The maximum Gasteiger partial charge on any atom is 0.332 e. The Bertz CT molecular complexity index is 752. The van der Waals surface area contributed by atoms with Gasteiger partial charge in [-0.15, -0.1) is 0 Å². The summed E-state index contributed by atoms with van der Waals surface area (Å²) in [5.41, 5.74) is 2.51. The third-order valence-electron chi connectivity index (χ3n) is 3.23. The average molecular weight is 280 g/mol. The van der Waals surface area contributed by atoms with Crippen molar-refractivity contribution in [2.24, 2.45) is 18.8 Å². The van der Waals surface area contributed by atoms with E-state index in [9.17, 15) is 9.59 Å². The number of hydrogen-bond donors (Lipinski definition) is 2. The molecular weight excluding hydrogens is 260 g/mol. The van der Waals surface area contributed by atoms with Gasteiger partial charge in [0, 0.05) is 20.1 Å². The second kappa shape index (κ2) is 5.12. The molecule has 8 heteroatoms. The molecule has 0 bridgehead atoms. The predicted octanol–water partition coefficient (Wildman–Crippen LogP) is -0.142. The molecule has 0 spiro atoms. The molecular formula is C12H20N6O2. The van der Waals surface area contributed by atoms with Gasteiger partial charge in [-0.1, -0.05) is 13.8 Å². The number of rotatable bonds is 4. The zero-order chi connectivity index (χ0) is 15.0. The smallest absolute Gasteiger partial charge is 0.306 e. The zero-order valence-electron chi connectivity index (χ0n) is 12.2. The Hall–Kier alpha value is -2.09. The molecule has 2 aromatic rings. The number of nitrogens with one attached hydrogen (secondary N) is 1. The van der Waals surface area contributed by atoms with Crippen molar-refractivity contribution in [1.82, 2.24) is 18.7 Å². The van der Waals surface area contributed by atoms with Gasteiger partial charge in [-0.3, -0.25) is 19.4 Å². The standard InChI is InChI=1S/C12H20N6O2/c1-5-17-10(19)8-9(14-11(15-13)16(8)4)18(12(17)20)6-7(2)3/h7H,5-6,13H2,1-4H3,(H,14,15). The molecule has 0 radical (unpaired) electrons. The Balaban J connectivity index is 2.96. The summed E-state index contributed by atoms with van der Waals surface area (Å²) in [6.07, 6.45) is 0. The number of aryl methyl sites for hydroxylation is 1. The molecule has 0 aliphatic rings. The fourth-order valence-electron chi connectivity index (χ4n) is 2.30. The summed E-state index contributed by atoms with van der Waals surface area (Å²) in [7, 11) is 1.69. The number of imidazole rings is 1. The molecule has 0 amide bonds. The van der Waals surface area contributed by atoms with Gasteiger partial charge in [-0.2, -0.15) is 4.98 Å². The Morgan fingerprint density at radius 2 is 1.95 bits per heavy atom. The first-order chi connectivity index (χ1) is 9.42. The Morgan fingerprint density at radius 3 is 2.45 bits per heavy atom. The van der Waals surface area contributed by atoms with Crippen molar-refractivity contribution in [3.8, 4) is 0 Å². The summed E-state index contributed by atoms with van der Waals surface area (Å²) >= 11 is 0. The highest BCUT2D eigenvalue weighted by molar-refractivity contribution is 5.74. The number of nitrogens with zero attached hydrogens (tertiary/aromatic N) is 4. The highest BCUT2D eigenvalue weighted by atomic mass is 16.2. The van der Waals surface area contributed by atoms with Crippen molar-refractivity contribution in [2.45, 2.75) is 33.9 Å². The molecule has 3 N–H and O–H groups in total. The monoisotopic (exact) mass is 280 g/mol. The van der Waals surface area contributed by atoms with Gasteiger partial charge in [-0.05, 0) is 12.8 Å². The van der Waals surface area contributed by atoms with Crippen LogP contribution in [0, 0.1) is 5.92 Å². The van der Waals surface area contributed by atoms with Gasteiger partial charge >= 0.3 is 5.69 Å². The first kappa shape index (κ1) is 14.3. The number of hydrogen-bond acceptors (Lipinski definition) is 5. The lowest BCUT2D eigenvalue weighted by atomic mass is 10.2. The average Bonchev–Trinajstić information content (AvgIpc) is 2.72. The van der Waals surface area contributed by atoms with Crippen molar-refractivity contribution in [2.75, 3.05) is 5.43 Å². The molecule has 0 saturated carbocycles. The highest BCUT2D eigenvalue weighted by Crippen LogP contribution is 2.13. The zero-order valence-corrected chi connectivity index (χ0v) is 12.2. The maximum absolute atomic E-state index is 12.4. The van der Waals surface area contributed by atoms with Crippen molar-refractivity contribution >= 4 is 17.1 Å². The number of nitrogens with two attached hydrogens (primary N) is 1. The predicted molar refractivity (Wildman–Crippen MR) is 77.6 cm³/mol. The summed E-state index contributed by atoms with van der Waals surface area (Å²) in [5, 5.41) is 0. The van der Waals surface area contributed by atoms with Crippen LogP contribution in [-0.4, -0.2) is 18.7 Å². The van der Waals surface area contributed by atoms with Crippen molar-refractivity contribution in [3.05, 3.63) is 20.8 Å². The largest absolute Gasteiger partial charge is 0.332 e. The summed E-state index contributed by atoms with van der Waals surface area (Å²) in [4.78, 5) is 29.1. The molecule has 2 heterocycles. The van der Waals surface area contributed by atoms with E-state index in [0.717, 1.165) is 0 Å². The van der Waals surface area contributed by atoms with Gasteiger partial charge in [0.1, 0.15) is 0 Å². The third kappa shape index (κ3) is 2.01. The van der Waals surface area contributed by atoms with E-state index in [4.69, 9.17) is 5.84 Å². The maximum atomic E-state index is 12.4. The quantitative estimate of drug-likeness (QED) is 0.599. The van der Waals surface area contributed by atoms with Gasteiger partial charge in [0.15, 0.2) is 11.2 Å². The topological polar surface area (TPSA) is 99.9 Å². The molecule has 20 heavy (non-hydrogen) atoms. The summed E-state index contributed by atoms with van der Waals surface area (Å²) in [6, 6.07) is 0. The molecule has 8 nitrogen and oxygen atoms in total. The summed E-state index contributed by atoms with van der Waals surface area (Å²) < 4.78 is 4.32. The van der Waals surface area contributed by atoms with Crippen LogP contribution in [0.2, 0.25) is 0 Å². The van der Waals surface area contributed by atoms with Gasteiger partial charge < -0.3 is 4.57 Å². The molecule has 0 saturated heterocycles. The molecule has 0 unspecified atom stereocenters. The first-order valence-electron chi connectivity index (χ1n) is 6.59. The Kier molecular flexibility index (Phi) is 3.67. The van der Waals surface area contributed by atoms with E-state index >= 15 is 0 Å². The van der Waals surface area contributed by atoms with Crippen LogP contribution in [0.4, 0.5) is 5.95 Å². The van der Waals surface area contributed by atoms with E-state index in [-0.39, 0.29) is 17.2 Å². The van der Waals surface area contributed by atoms with Gasteiger partial charge in [0.05, 0.1) is 0 Å². The molecule has 110 valence electrons. The molecule has 2 rings (SSSR count). The molecule has 0 atom stereocenters. The van der Waals surface area contributed by atoms with Crippen LogP contribution >= 0.6 is 0 Å². The van der Waals surface area contributed by atoms with Crippen LogP contribution in [0.25, 0.3) is 11.2 Å². The minimum atomic E-state index is -0.344. The summed E-state index contributed by atoms with van der Waals surface area (Å²) in [5.74, 6) is 6.00. The van der Waals surface area contributed by atoms with E-state index in [1.54, 1.807) is 18.5 Å². The van der Waals surface area contributed by atoms with Crippen molar-refractivity contribution in [1.29, 1.82) is 0 Å². The molecule has 0 aromatic carbocycles. The van der Waals surface area contributed by atoms with Crippen LogP contribution in [0.15, 0.2) is 9.59 Å². The minimum Gasteiger partial charge on any atom is -0.306 e. The van der Waals surface area contributed by atoms with E-state index in [1.165, 1.54) is 9.13 Å². The lowest BCUT2D eigenvalue weighted by Crippen LogP contribution is -2.40. The fourth-order valence-corrected chi connectivity index (χ4v) is 2.30. The van der Waals surface area contributed by atoms with E-state index in [1.807, 2.05) is 13.8 Å².